The molecule has 104 valence electrons. The third-order valence-electron chi connectivity index (χ3n) is 6.11. The molecule has 4 saturated carbocycles. The Morgan fingerprint density at radius 2 is 2.05 bits per heavy atom. The number of hydrogen-bond acceptors (Lipinski definition) is 2. The minimum absolute atomic E-state index is 0.118. The van der Waals surface area contributed by atoms with Crippen LogP contribution in [0.1, 0.15) is 51.0 Å². The molecule has 5 rings (SSSR count). The highest BCUT2D eigenvalue weighted by Crippen LogP contribution is 2.66. The van der Waals surface area contributed by atoms with E-state index >= 15 is 0 Å². The summed E-state index contributed by atoms with van der Waals surface area (Å²) in [6, 6.07) is 2.18. The van der Waals surface area contributed by atoms with Crippen molar-refractivity contribution in [2.45, 2.75) is 58.0 Å². The largest absolute Gasteiger partial charge is 0.392 e. The first-order chi connectivity index (χ1) is 9.07. The van der Waals surface area contributed by atoms with E-state index in [2.05, 4.69) is 23.8 Å². The summed E-state index contributed by atoms with van der Waals surface area (Å²) in [6.45, 7) is 2.48. The average molecular weight is 276 g/mol. The normalized spacial score (nSPS) is 45.6. The van der Waals surface area contributed by atoms with Gasteiger partial charge in [-0.2, -0.15) is 11.3 Å². The smallest absolute Gasteiger partial charge is 0.0637 e. The van der Waals surface area contributed by atoms with E-state index < -0.39 is 0 Å². The van der Waals surface area contributed by atoms with Crippen LogP contribution >= 0.6 is 11.3 Å². The Bertz CT molecular complexity index is 450. The molecule has 4 aliphatic carbocycles. The summed E-state index contributed by atoms with van der Waals surface area (Å²) < 4.78 is 0. The summed E-state index contributed by atoms with van der Waals surface area (Å²) in [7, 11) is 0. The zero-order chi connectivity index (χ0) is 13.1. The van der Waals surface area contributed by atoms with Gasteiger partial charge in [0.15, 0.2) is 0 Å². The fraction of sp³-hybridized carbons (Fsp3) is 0.765. The molecular formula is C17H24OS. The monoisotopic (exact) mass is 276 g/mol. The maximum Gasteiger partial charge on any atom is 0.0637 e. The molecule has 0 spiro atoms. The molecule has 4 fully saturated rings. The van der Waals surface area contributed by atoms with Crippen molar-refractivity contribution in [3.8, 4) is 0 Å². The van der Waals surface area contributed by atoms with Crippen molar-refractivity contribution in [1.82, 2.24) is 0 Å². The van der Waals surface area contributed by atoms with Gasteiger partial charge in [-0.15, -0.1) is 0 Å². The summed E-state index contributed by atoms with van der Waals surface area (Å²) in [6.07, 6.45) is 8.92. The molecule has 2 heteroatoms. The second-order valence-electron chi connectivity index (χ2n) is 7.99. The second-order valence-corrected chi connectivity index (χ2v) is 8.77. The third kappa shape index (κ3) is 1.99. The summed E-state index contributed by atoms with van der Waals surface area (Å²) in [4.78, 5) is 0. The third-order valence-corrected chi connectivity index (χ3v) is 6.85. The van der Waals surface area contributed by atoms with Crippen LogP contribution < -0.4 is 0 Å². The van der Waals surface area contributed by atoms with Crippen LogP contribution in [0.15, 0.2) is 16.8 Å². The Balaban J connectivity index is 1.59. The fourth-order valence-corrected chi connectivity index (χ4v) is 6.72. The lowest BCUT2D eigenvalue weighted by molar-refractivity contribution is -0.152. The molecular weight excluding hydrogens is 252 g/mol. The van der Waals surface area contributed by atoms with E-state index in [-0.39, 0.29) is 11.5 Å². The van der Waals surface area contributed by atoms with Crippen LogP contribution in [-0.4, -0.2) is 11.2 Å². The van der Waals surface area contributed by atoms with Gasteiger partial charge in [0, 0.05) is 0 Å². The van der Waals surface area contributed by atoms with E-state index in [1.807, 2.05) is 0 Å². The summed E-state index contributed by atoms with van der Waals surface area (Å²) >= 11 is 1.75. The topological polar surface area (TPSA) is 20.2 Å². The van der Waals surface area contributed by atoms with Gasteiger partial charge >= 0.3 is 0 Å². The number of aliphatic hydroxyl groups is 1. The standard InChI is InChI=1S/C17H24OS/c1-16-6-13-4-14(7-16)9-17(8-13,11-16)15(18)5-12-2-3-19-10-12/h2-3,10,13-15,18H,4-9,11H2,1H3. The summed E-state index contributed by atoms with van der Waals surface area (Å²) in [5.74, 6) is 1.81. The van der Waals surface area contributed by atoms with Crippen molar-refractivity contribution < 1.29 is 5.11 Å². The summed E-state index contributed by atoms with van der Waals surface area (Å²) in [5, 5.41) is 15.2. The van der Waals surface area contributed by atoms with Crippen LogP contribution in [0.5, 0.6) is 0 Å². The molecule has 3 unspecified atom stereocenters. The SMILES string of the molecule is CC12CC3CC(C1)CC(C(O)Cc1ccsc1)(C3)C2. The Kier molecular flexibility index (Phi) is 2.66. The van der Waals surface area contributed by atoms with E-state index in [1.54, 1.807) is 11.3 Å². The van der Waals surface area contributed by atoms with Crippen molar-refractivity contribution in [2.75, 3.05) is 0 Å². The number of thiophene rings is 1. The van der Waals surface area contributed by atoms with E-state index in [9.17, 15) is 5.11 Å². The number of hydrogen-bond donors (Lipinski definition) is 1. The van der Waals surface area contributed by atoms with Gasteiger partial charge in [0.2, 0.25) is 0 Å². The molecule has 1 nitrogen and oxygen atoms in total. The lowest BCUT2D eigenvalue weighted by Gasteiger charge is -2.62. The second kappa shape index (κ2) is 4.08. The van der Waals surface area contributed by atoms with E-state index in [1.165, 1.54) is 44.1 Å². The van der Waals surface area contributed by atoms with E-state index in [0.29, 0.717) is 5.41 Å². The van der Waals surface area contributed by atoms with Crippen LogP contribution in [0.3, 0.4) is 0 Å². The predicted octanol–water partition coefficient (Wildman–Crippen LogP) is 4.26. The molecule has 1 aromatic heterocycles. The van der Waals surface area contributed by atoms with Crippen LogP contribution in [0.25, 0.3) is 0 Å². The Hall–Kier alpha value is -0.340. The van der Waals surface area contributed by atoms with Crippen molar-refractivity contribution in [3.63, 3.8) is 0 Å². The first kappa shape index (κ1) is 12.4. The molecule has 19 heavy (non-hydrogen) atoms. The lowest BCUT2D eigenvalue weighted by Crippen LogP contribution is -2.55. The van der Waals surface area contributed by atoms with Gasteiger partial charge in [-0.3, -0.25) is 0 Å². The fourth-order valence-electron chi connectivity index (χ4n) is 6.04. The van der Waals surface area contributed by atoms with Crippen molar-refractivity contribution >= 4 is 11.3 Å². The van der Waals surface area contributed by atoms with E-state index in [4.69, 9.17) is 0 Å². The molecule has 0 aromatic carbocycles. The highest BCUT2D eigenvalue weighted by molar-refractivity contribution is 7.07. The Morgan fingerprint density at radius 1 is 1.32 bits per heavy atom. The maximum absolute atomic E-state index is 10.9. The number of rotatable bonds is 3. The van der Waals surface area contributed by atoms with Gasteiger partial charge in [-0.25, -0.2) is 0 Å². The molecule has 0 amide bonds. The van der Waals surface area contributed by atoms with Gasteiger partial charge in [0.1, 0.15) is 0 Å². The van der Waals surface area contributed by atoms with Gasteiger partial charge < -0.3 is 5.11 Å². The molecule has 1 N–H and O–H groups in total. The van der Waals surface area contributed by atoms with Crippen molar-refractivity contribution in [1.29, 1.82) is 0 Å². The van der Waals surface area contributed by atoms with Gasteiger partial charge in [0.25, 0.3) is 0 Å². The highest BCUT2D eigenvalue weighted by atomic mass is 32.1. The highest BCUT2D eigenvalue weighted by Gasteiger charge is 2.57. The van der Waals surface area contributed by atoms with Crippen LogP contribution in [-0.2, 0) is 6.42 Å². The molecule has 4 aliphatic rings. The first-order valence-electron chi connectivity index (χ1n) is 7.76. The zero-order valence-corrected chi connectivity index (χ0v) is 12.6. The molecule has 3 atom stereocenters. The van der Waals surface area contributed by atoms with E-state index in [0.717, 1.165) is 18.3 Å². The minimum atomic E-state index is -0.118. The molecule has 0 aliphatic heterocycles. The Morgan fingerprint density at radius 3 is 2.63 bits per heavy atom. The maximum atomic E-state index is 10.9. The Labute approximate surface area is 120 Å². The average Bonchev–Trinajstić information content (AvgIpc) is 2.78. The summed E-state index contributed by atoms with van der Waals surface area (Å²) in [5.41, 5.74) is 2.12. The van der Waals surface area contributed by atoms with Crippen LogP contribution in [0, 0.1) is 22.7 Å². The van der Waals surface area contributed by atoms with Crippen molar-refractivity contribution in [2.24, 2.45) is 22.7 Å². The molecule has 0 saturated heterocycles. The zero-order valence-electron chi connectivity index (χ0n) is 11.8. The van der Waals surface area contributed by atoms with Crippen molar-refractivity contribution in [3.05, 3.63) is 22.4 Å². The molecule has 1 aromatic rings. The first-order valence-corrected chi connectivity index (χ1v) is 8.70. The van der Waals surface area contributed by atoms with Crippen LogP contribution in [0.4, 0.5) is 0 Å². The molecule has 1 heterocycles. The van der Waals surface area contributed by atoms with Gasteiger partial charge in [0.05, 0.1) is 6.10 Å². The minimum Gasteiger partial charge on any atom is -0.392 e. The quantitative estimate of drug-likeness (QED) is 0.874. The lowest BCUT2D eigenvalue weighted by atomic mass is 9.43. The van der Waals surface area contributed by atoms with Gasteiger partial charge in [-0.05, 0) is 90.0 Å². The number of aliphatic hydroxyl groups excluding tert-OH is 1. The van der Waals surface area contributed by atoms with Crippen LogP contribution in [0.2, 0.25) is 0 Å². The van der Waals surface area contributed by atoms with Gasteiger partial charge in [-0.1, -0.05) is 6.92 Å². The molecule has 4 bridgehead atoms. The predicted molar refractivity (Wildman–Crippen MR) is 79.3 cm³/mol. The molecule has 0 radical (unpaired) electrons.